The van der Waals surface area contributed by atoms with E-state index >= 15 is 0 Å². The normalized spacial score (nSPS) is 11.8. The maximum Gasteiger partial charge on any atom is 0.317 e. The summed E-state index contributed by atoms with van der Waals surface area (Å²) in [6, 6.07) is 19.2. The van der Waals surface area contributed by atoms with Gasteiger partial charge in [-0.05, 0) is 60.2 Å². The summed E-state index contributed by atoms with van der Waals surface area (Å²) in [5.74, 6) is -0.813. The predicted molar refractivity (Wildman–Crippen MR) is 118 cm³/mol. The minimum atomic E-state index is -0.813. The van der Waals surface area contributed by atoms with Gasteiger partial charge in [0.25, 0.3) is 0 Å². The second-order valence-corrected chi connectivity index (χ2v) is 8.00. The summed E-state index contributed by atoms with van der Waals surface area (Å²) in [5.41, 5.74) is 7.19. The molecule has 0 bridgehead atoms. The van der Waals surface area contributed by atoms with Crippen LogP contribution in [0.25, 0.3) is 16.7 Å². The number of likely N-dealkylation sites (N-methyl/N-ethyl adjacent to an activating group) is 1. The molecule has 1 N–H and O–H groups in total. The van der Waals surface area contributed by atoms with E-state index in [1.165, 1.54) is 27.1 Å². The first-order chi connectivity index (χ1) is 13.4. The summed E-state index contributed by atoms with van der Waals surface area (Å²) >= 11 is 1.72. The molecule has 3 rings (SSSR count). The number of aryl methyl sites for hydroxylation is 2. The molecule has 0 spiro atoms. The van der Waals surface area contributed by atoms with Gasteiger partial charge < -0.3 is 5.11 Å². The third kappa shape index (κ3) is 4.97. The van der Waals surface area contributed by atoms with Crippen molar-refractivity contribution in [2.45, 2.75) is 13.8 Å². The van der Waals surface area contributed by atoms with Gasteiger partial charge in [0.05, 0.1) is 6.54 Å². The highest BCUT2D eigenvalue weighted by Crippen LogP contribution is 2.32. The zero-order valence-electron chi connectivity index (χ0n) is 16.5. The smallest absolute Gasteiger partial charge is 0.317 e. The van der Waals surface area contributed by atoms with Crippen LogP contribution in [0.3, 0.4) is 0 Å². The molecule has 0 amide bonds. The van der Waals surface area contributed by atoms with Gasteiger partial charge in [-0.2, -0.15) is 0 Å². The molecule has 0 saturated carbocycles. The molecule has 2 aromatic carbocycles. The van der Waals surface area contributed by atoms with Gasteiger partial charge in [-0.25, -0.2) is 0 Å². The van der Waals surface area contributed by atoms with E-state index in [-0.39, 0.29) is 6.54 Å². The Morgan fingerprint density at radius 1 is 1.07 bits per heavy atom. The van der Waals surface area contributed by atoms with Crippen molar-refractivity contribution >= 4 is 22.9 Å². The van der Waals surface area contributed by atoms with E-state index in [1.807, 2.05) is 7.05 Å². The lowest BCUT2D eigenvalue weighted by molar-refractivity contribution is -0.137. The maximum atomic E-state index is 10.9. The molecule has 3 nitrogen and oxygen atoms in total. The number of aliphatic carboxylic acids is 1. The van der Waals surface area contributed by atoms with Crippen LogP contribution in [0.15, 0.2) is 66.1 Å². The van der Waals surface area contributed by atoms with Crippen LogP contribution >= 0.6 is 11.3 Å². The van der Waals surface area contributed by atoms with Gasteiger partial charge in [-0.1, -0.05) is 60.2 Å². The van der Waals surface area contributed by atoms with E-state index in [0.29, 0.717) is 6.54 Å². The van der Waals surface area contributed by atoms with Crippen LogP contribution in [0, 0.1) is 13.8 Å². The van der Waals surface area contributed by atoms with Crippen LogP contribution in [0.2, 0.25) is 0 Å². The number of carbonyl (C=O) groups is 1. The summed E-state index contributed by atoms with van der Waals surface area (Å²) in [4.78, 5) is 14.0. The average molecular weight is 392 g/mol. The lowest BCUT2D eigenvalue weighted by Crippen LogP contribution is -2.25. The van der Waals surface area contributed by atoms with E-state index in [0.717, 1.165) is 11.1 Å². The molecule has 0 unspecified atom stereocenters. The van der Waals surface area contributed by atoms with Crippen LogP contribution in [-0.2, 0) is 4.79 Å². The number of thiophene rings is 1. The fraction of sp³-hybridized carbons (Fsp3) is 0.208. The van der Waals surface area contributed by atoms with E-state index in [2.05, 4.69) is 79.9 Å². The van der Waals surface area contributed by atoms with Gasteiger partial charge in [0.1, 0.15) is 0 Å². The van der Waals surface area contributed by atoms with Gasteiger partial charge in [0.15, 0.2) is 0 Å². The van der Waals surface area contributed by atoms with E-state index in [9.17, 15) is 4.79 Å². The van der Waals surface area contributed by atoms with Gasteiger partial charge >= 0.3 is 5.97 Å². The van der Waals surface area contributed by atoms with Crippen molar-refractivity contribution in [2.75, 3.05) is 20.1 Å². The monoisotopic (exact) mass is 391 g/mol. The van der Waals surface area contributed by atoms with Gasteiger partial charge in [-0.3, -0.25) is 9.69 Å². The summed E-state index contributed by atoms with van der Waals surface area (Å²) in [6.45, 7) is 4.83. The Labute approximate surface area is 170 Å². The number of carboxylic acids is 1. The minimum absolute atomic E-state index is 0.0273. The van der Waals surface area contributed by atoms with Gasteiger partial charge in [0, 0.05) is 11.4 Å². The highest BCUT2D eigenvalue weighted by molar-refractivity contribution is 7.11. The Balaban J connectivity index is 1.92. The molecule has 28 heavy (non-hydrogen) atoms. The first kappa shape index (κ1) is 20.1. The number of nitrogens with zero attached hydrogens (tertiary/aromatic N) is 1. The number of benzene rings is 2. The molecule has 0 atom stereocenters. The third-order valence-electron chi connectivity index (χ3n) is 4.67. The van der Waals surface area contributed by atoms with Crippen LogP contribution in [-0.4, -0.2) is 36.1 Å². The molecule has 1 aromatic heterocycles. The van der Waals surface area contributed by atoms with Crippen molar-refractivity contribution in [2.24, 2.45) is 0 Å². The molecule has 3 aromatic rings. The Kier molecular flexibility index (Phi) is 6.45. The summed E-state index contributed by atoms with van der Waals surface area (Å²) < 4.78 is 0. The first-order valence-corrected chi connectivity index (χ1v) is 10.1. The highest BCUT2D eigenvalue weighted by atomic mass is 32.1. The molecule has 0 radical (unpaired) electrons. The lowest BCUT2D eigenvalue weighted by Gasteiger charge is -2.14. The van der Waals surface area contributed by atoms with Crippen LogP contribution in [0.5, 0.6) is 0 Å². The zero-order valence-corrected chi connectivity index (χ0v) is 17.3. The number of carboxylic acid groups (broad SMARTS) is 1. The van der Waals surface area contributed by atoms with Gasteiger partial charge in [-0.15, -0.1) is 11.3 Å². The van der Waals surface area contributed by atoms with Crippen LogP contribution < -0.4 is 0 Å². The Bertz CT molecular complexity index is 986. The van der Waals surface area contributed by atoms with E-state index < -0.39 is 5.97 Å². The SMILES string of the molecule is Cc1cccc(-c2ccc(C(=CCN(C)CC(=O)O)c3sccc3C)cc2)c1. The quantitative estimate of drug-likeness (QED) is 0.580. The van der Waals surface area contributed by atoms with Gasteiger partial charge in [0.2, 0.25) is 0 Å². The maximum absolute atomic E-state index is 10.9. The van der Waals surface area contributed by atoms with E-state index in [4.69, 9.17) is 5.11 Å². The molecule has 1 heterocycles. The minimum Gasteiger partial charge on any atom is -0.480 e. The largest absolute Gasteiger partial charge is 0.480 e. The highest BCUT2D eigenvalue weighted by Gasteiger charge is 2.11. The molecular weight excluding hydrogens is 366 g/mol. The first-order valence-electron chi connectivity index (χ1n) is 9.26. The second kappa shape index (κ2) is 9.00. The summed E-state index contributed by atoms with van der Waals surface area (Å²) in [7, 11) is 1.82. The molecular formula is C24H25NO2S. The van der Waals surface area contributed by atoms with Crippen LogP contribution in [0.4, 0.5) is 0 Å². The molecule has 0 aliphatic heterocycles. The molecule has 0 aliphatic rings. The number of hydrogen-bond acceptors (Lipinski definition) is 3. The van der Waals surface area contributed by atoms with Crippen molar-refractivity contribution in [3.05, 3.63) is 87.6 Å². The van der Waals surface area contributed by atoms with Crippen molar-refractivity contribution in [1.82, 2.24) is 4.90 Å². The number of hydrogen-bond donors (Lipinski definition) is 1. The van der Waals surface area contributed by atoms with Crippen LogP contribution in [0.1, 0.15) is 21.6 Å². The van der Waals surface area contributed by atoms with Crippen molar-refractivity contribution in [3.63, 3.8) is 0 Å². The predicted octanol–water partition coefficient (Wildman–Crippen LogP) is 5.48. The Morgan fingerprint density at radius 2 is 1.82 bits per heavy atom. The number of rotatable bonds is 7. The third-order valence-corrected chi connectivity index (χ3v) is 5.72. The molecule has 0 aliphatic carbocycles. The van der Waals surface area contributed by atoms with Crippen molar-refractivity contribution in [3.8, 4) is 11.1 Å². The summed E-state index contributed by atoms with van der Waals surface area (Å²) in [6.07, 6.45) is 2.13. The standard InChI is InChI=1S/C24H25NO2S/c1-17-5-4-6-21(15-17)19-7-9-20(10-8-19)22(24-18(2)12-14-28-24)11-13-25(3)16-23(26)27/h4-12,14-15H,13,16H2,1-3H3,(H,26,27). The molecule has 0 fully saturated rings. The zero-order chi connectivity index (χ0) is 20.1. The fourth-order valence-electron chi connectivity index (χ4n) is 3.20. The molecule has 0 saturated heterocycles. The van der Waals surface area contributed by atoms with E-state index in [1.54, 1.807) is 16.2 Å². The molecule has 144 valence electrons. The fourth-order valence-corrected chi connectivity index (χ4v) is 4.19. The van der Waals surface area contributed by atoms with Crippen molar-refractivity contribution < 1.29 is 9.90 Å². The second-order valence-electron chi connectivity index (χ2n) is 7.09. The topological polar surface area (TPSA) is 40.5 Å². The van der Waals surface area contributed by atoms with Crippen molar-refractivity contribution in [1.29, 1.82) is 0 Å². The Hall–Kier alpha value is -2.69. The Morgan fingerprint density at radius 3 is 2.43 bits per heavy atom. The summed E-state index contributed by atoms with van der Waals surface area (Å²) in [5, 5.41) is 11.1. The average Bonchev–Trinajstić information content (AvgIpc) is 3.08. The molecule has 4 heteroatoms. The lowest BCUT2D eigenvalue weighted by atomic mass is 9.97.